The number of hydrogen-bond donors (Lipinski definition) is 1. The summed E-state index contributed by atoms with van der Waals surface area (Å²) in [4.78, 5) is 15.0. The molecular weight excluding hydrogens is 558 g/mol. The van der Waals surface area contributed by atoms with Gasteiger partial charge >= 0.3 is 0 Å². The molecule has 4 unspecified atom stereocenters. The Bertz CT molecular complexity index is 1370. The second kappa shape index (κ2) is 10.9. The van der Waals surface area contributed by atoms with Gasteiger partial charge < -0.3 is 5.32 Å². The van der Waals surface area contributed by atoms with E-state index in [1.807, 2.05) is 0 Å². The maximum Gasteiger partial charge on any atom is 0.237 e. The predicted octanol–water partition coefficient (Wildman–Crippen LogP) is 3.22. The smallest absolute Gasteiger partial charge is 0.237 e. The van der Waals surface area contributed by atoms with Crippen LogP contribution in [0.1, 0.15) is 69.9 Å². The normalized spacial score (nSPS) is 29.6. The van der Waals surface area contributed by atoms with E-state index in [1.54, 1.807) is 23.3 Å². The van der Waals surface area contributed by atoms with Crippen LogP contribution < -0.4 is 5.32 Å². The standard InChI is InChI=1S/C31H49N3O5S2/c1-29(2)24-11-14-31(29,25(20-24)21-32-28(35)27(33(3)4)12-19-40(5,36)37)22-41(38,39)34-17-15-30(16-18-34)13-10-23-8-6-7-9-26(23)30/h6-9,24-25,27H,10-22H2,1-5H3,(H,32,35). The van der Waals surface area contributed by atoms with E-state index in [-0.39, 0.29) is 46.0 Å². The third-order valence-corrected chi connectivity index (χ3v) is 14.8. The molecule has 1 N–H and O–H groups in total. The van der Waals surface area contributed by atoms with E-state index < -0.39 is 25.9 Å². The molecule has 1 heterocycles. The summed E-state index contributed by atoms with van der Waals surface area (Å²) in [6, 6.07) is 8.13. The lowest BCUT2D eigenvalue weighted by Crippen LogP contribution is -2.52. The first-order valence-electron chi connectivity index (χ1n) is 15.3. The van der Waals surface area contributed by atoms with Crippen molar-refractivity contribution in [2.45, 2.75) is 76.7 Å². The molecule has 230 valence electrons. The van der Waals surface area contributed by atoms with Gasteiger partial charge in [0.2, 0.25) is 15.9 Å². The molecule has 0 radical (unpaired) electrons. The van der Waals surface area contributed by atoms with Crippen LogP contribution in [0, 0.1) is 22.7 Å². The molecule has 3 fully saturated rings. The van der Waals surface area contributed by atoms with Crippen molar-refractivity contribution in [2.24, 2.45) is 22.7 Å². The Morgan fingerprint density at radius 1 is 1.07 bits per heavy atom. The number of rotatable bonds is 10. The van der Waals surface area contributed by atoms with E-state index in [1.165, 1.54) is 17.4 Å². The number of benzene rings is 1. The molecule has 2 saturated carbocycles. The summed E-state index contributed by atoms with van der Waals surface area (Å²) in [5.74, 6) is 0.418. The number of sulfone groups is 1. The molecule has 5 rings (SSSR count). The Morgan fingerprint density at radius 3 is 2.39 bits per heavy atom. The first-order valence-corrected chi connectivity index (χ1v) is 19.0. The van der Waals surface area contributed by atoms with E-state index in [9.17, 15) is 21.6 Å². The molecule has 10 heteroatoms. The minimum absolute atomic E-state index is 0.0489. The van der Waals surface area contributed by atoms with Gasteiger partial charge in [-0.25, -0.2) is 21.1 Å². The minimum Gasteiger partial charge on any atom is -0.354 e. The van der Waals surface area contributed by atoms with Crippen LogP contribution in [0.15, 0.2) is 24.3 Å². The average molecular weight is 608 g/mol. The van der Waals surface area contributed by atoms with Crippen LogP contribution in [0.25, 0.3) is 0 Å². The molecule has 8 nitrogen and oxygen atoms in total. The molecular formula is C31H49N3O5S2. The number of piperidine rings is 1. The van der Waals surface area contributed by atoms with Crippen LogP contribution in [0.2, 0.25) is 0 Å². The summed E-state index contributed by atoms with van der Waals surface area (Å²) in [7, 11) is -3.09. The quantitative estimate of drug-likeness (QED) is 0.438. The van der Waals surface area contributed by atoms with Crippen molar-refractivity contribution >= 4 is 25.8 Å². The van der Waals surface area contributed by atoms with Gasteiger partial charge in [-0.1, -0.05) is 38.1 Å². The van der Waals surface area contributed by atoms with Crippen LogP contribution in [-0.2, 0) is 36.5 Å². The molecule has 1 aromatic carbocycles. The molecule has 4 atom stereocenters. The third kappa shape index (κ3) is 5.63. The summed E-state index contributed by atoms with van der Waals surface area (Å²) >= 11 is 0. The number of carbonyl (C=O) groups excluding carboxylic acids is 1. The number of likely N-dealkylation sites (N-methyl/N-ethyl adjacent to an activating group) is 1. The van der Waals surface area contributed by atoms with Crippen molar-refractivity contribution in [1.82, 2.24) is 14.5 Å². The number of aryl methyl sites for hydroxylation is 1. The first kappa shape index (κ1) is 31.0. The zero-order valence-corrected chi connectivity index (χ0v) is 27.1. The largest absolute Gasteiger partial charge is 0.354 e. The number of sulfonamides is 1. The van der Waals surface area contributed by atoms with Gasteiger partial charge in [0.15, 0.2) is 0 Å². The molecule has 1 spiro atoms. The highest BCUT2D eigenvalue weighted by atomic mass is 32.2. The summed E-state index contributed by atoms with van der Waals surface area (Å²) in [6.07, 6.45) is 8.17. The number of nitrogens with one attached hydrogen (secondary N) is 1. The Morgan fingerprint density at radius 2 is 1.76 bits per heavy atom. The van der Waals surface area contributed by atoms with E-state index >= 15 is 0 Å². The minimum atomic E-state index is -3.49. The molecule has 1 saturated heterocycles. The Hall–Kier alpha value is -1.49. The monoisotopic (exact) mass is 607 g/mol. The van der Waals surface area contributed by atoms with Crippen molar-refractivity contribution in [3.63, 3.8) is 0 Å². The zero-order valence-electron chi connectivity index (χ0n) is 25.5. The topological polar surface area (TPSA) is 104 Å². The molecule has 41 heavy (non-hydrogen) atoms. The number of hydrogen-bond acceptors (Lipinski definition) is 6. The van der Waals surface area contributed by atoms with E-state index in [0.29, 0.717) is 25.6 Å². The molecule has 1 amide bonds. The lowest BCUT2D eigenvalue weighted by Gasteiger charge is -2.45. The van der Waals surface area contributed by atoms with Crippen LogP contribution in [0.3, 0.4) is 0 Å². The summed E-state index contributed by atoms with van der Waals surface area (Å²) in [5, 5.41) is 3.11. The second-order valence-electron chi connectivity index (χ2n) is 14.3. The molecule has 3 aliphatic carbocycles. The fourth-order valence-corrected chi connectivity index (χ4v) is 12.0. The van der Waals surface area contributed by atoms with Gasteiger partial charge in [0.25, 0.3) is 0 Å². The van der Waals surface area contributed by atoms with Crippen molar-refractivity contribution in [3.05, 3.63) is 35.4 Å². The van der Waals surface area contributed by atoms with Gasteiger partial charge in [0.1, 0.15) is 9.84 Å². The van der Waals surface area contributed by atoms with E-state index in [0.717, 1.165) is 44.9 Å². The van der Waals surface area contributed by atoms with Crippen molar-refractivity contribution in [1.29, 1.82) is 0 Å². The van der Waals surface area contributed by atoms with Gasteiger partial charge in [0, 0.05) is 25.9 Å². The fraction of sp³-hybridized carbons (Fsp3) is 0.774. The molecule has 1 aliphatic heterocycles. The second-order valence-corrected chi connectivity index (χ2v) is 18.5. The molecule has 1 aromatic rings. The van der Waals surface area contributed by atoms with Gasteiger partial charge in [-0.3, -0.25) is 9.69 Å². The molecule has 4 aliphatic rings. The van der Waals surface area contributed by atoms with Crippen molar-refractivity contribution < 1.29 is 21.6 Å². The van der Waals surface area contributed by atoms with Crippen molar-refractivity contribution in [3.8, 4) is 0 Å². The highest BCUT2D eigenvalue weighted by molar-refractivity contribution is 7.90. The van der Waals surface area contributed by atoms with Crippen molar-refractivity contribution in [2.75, 3.05) is 51.5 Å². The van der Waals surface area contributed by atoms with Crippen LogP contribution in [-0.4, -0.2) is 89.5 Å². The number of amides is 1. The highest BCUT2D eigenvalue weighted by Gasteiger charge is 2.65. The highest BCUT2D eigenvalue weighted by Crippen LogP contribution is 2.68. The van der Waals surface area contributed by atoms with E-state index in [2.05, 4.69) is 43.4 Å². The first-order chi connectivity index (χ1) is 19.1. The van der Waals surface area contributed by atoms with Crippen LogP contribution in [0.4, 0.5) is 0 Å². The Labute approximate surface area is 247 Å². The number of nitrogens with zero attached hydrogens (tertiary/aromatic N) is 2. The van der Waals surface area contributed by atoms with E-state index in [4.69, 9.17) is 0 Å². The maximum absolute atomic E-state index is 14.1. The van der Waals surface area contributed by atoms with Gasteiger partial charge in [-0.2, -0.15) is 0 Å². The summed E-state index contributed by atoms with van der Waals surface area (Å²) < 4.78 is 53.4. The van der Waals surface area contributed by atoms with Crippen LogP contribution >= 0.6 is 0 Å². The Kier molecular flexibility index (Phi) is 8.23. The molecule has 0 aromatic heterocycles. The lowest BCUT2D eigenvalue weighted by atomic mass is 9.66. The number of carbonyl (C=O) groups is 1. The number of fused-ring (bicyclic) bond motifs is 4. The Balaban J connectivity index is 1.28. The summed E-state index contributed by atoms with van der Waals surface area (Å²) in [5.41, 5.74) is 2.44. The van der Waals surface area contributed by atoms with Gasteiger partial charge in [-0.05, 0) is 105 Å². The summed E-state index contributed by atoms with van der Waals surface area (Å²) in [6.45, 7) is 6.04. The van der Waals surface area contributed by atoms with Crippen LogP contribution in [0.5, 0.6) is 0 Å². The SMILES string of the molecule is CN(C)C(CCS(C)(=O)=O)C(=O)NCC1CC2CCC1(CS(=O)(=O)N1CCC3(CCc4ccccc43)CC1)C2(C)C. The lowest BCUT2D eigenvalue weighted by molar-refractivity contribution is -0.126. The molecule has 2 bridgehead atoms. The van der Waals surface area contributed by atoms with Gasteiger partial charge in [0.05, 0.1) is 17.5 Å². The fourth-order valence-electron chi connectivity index (χ4n) is 9.07. The average Bonchev–Trinajstić information content (AvgIpc) is 3.43. The van der Waals surface area contributed by atoms with Gasteiger partial charge in [-0.15, -0.1) is 0 Å². The third-order valence-electron chi connectivity index (χ3n) is 11.8. The predicted molar refractivity (Wildman–Crippen MR) is 163 cm³/mol. The zero-order chi connectivity index (χ0) is 29.8. The maximum atomic E-state index is 14.1.